The number of carbonyl (C=O) groups excluding carboxylic acids is 1. The summed E-state index contributed by atoms with van der Waals surface area (Å²) in [6, 6.07) is 0. The Balaban J connectivity index is 0. The molecular weight excluding hydrogens is 418 g/mol. The van der Waals surface area contributed by atoms with Gasteiger partial charge in [0, 0.05) is 6.42 Å². The highest BCUT2D eigenvalue weighted by atomic mass is 32.2. The van der Waals surface area contributed by atoms with E-state index < -0.39 is 24.2 Å². The number of ketones is 1. The first-order chi connectivity index (χ1) is 11.7. The molecule has 0 aliphatic heterocycles. The number of alkyl halides is 10. The molecule has 27 heavy (non-hydrogen) atoms. The van der Waals surface area contributed by atoms with Crippen LogP contribution in [0.3, 0.4) is 0 Å². The van der Waals surface area contributed by atoms with Crippen LogP contribution in [0.4, 0.5) is 43.9 Å². The molecule has 0 N–H and O–H groups in total. The van der Waals surface area contributed by atoms with E-state index in [0.29, 0.717) is 27.2 Å². The smallest absolute Gasteiger partial charge is 0.294 e. The highest BCUT2D eigenvalue weighted by molar-refractivity contribution is 7.98. The maximum atomic E-state index is 11.6. The zero-order valence-corrected chi connectivity index (χ0v) is 16.2. The quantitative estimate of drug-likeness (QED) is 0.341. The molecule has 0 amide bonds. The van der Waals surface area contributed by atoms with Gasteiger partial charge < -0.3 is 0 Å². The van der Waals surface area contributed by atoms with Gasteiger partial charge in [-0.3, -0.25) is 4.79 Å². The lowest BCUT2D eigenvalue weighted by Gasteiger charge is -2.29. The van der Waals surface area contributed by atoms with E-state index in [9.17, 15) is 48.7 Å². The van der Waals surface area contributed by atoms with Crippen LogP contribution >= 0.6 is 0 Å². The van der Waals surface area contributed by atoms with Crippen molar-refractivity contribution < 1.29 is 48.7 Å². The van der Waals surface area contributed by atoms with Crippen molar-refractivity contribution >= 4 is 16.7 Å². The first kappa shape index (κ1) is 28.5. The lowest BCUT2D eigenvalue weighted by Crippen LogP contribution is -2.59. The van der Waals surface area contributed by atoms with Gasteiger partial charge in [-0.05, 0) is 45.0 Å². The monoisotopic (exact) mass is 441 g/mol. The van der Waals surface area contributed by atoms with E-state index >= 15 is 0 Å². The second-order valence-corrected chi connectivity index (χ2v) is 9.26. The van der Waals surface area contributed by atoms with Crippen molar-refractivity contribution in [3.63, 3.8) is 0 Å². The number of halogens is 10. The molecular formula is C15H23F10OS+. The maximum absolute atomic E-state index is 11.6. The zero-order chi connectivity index (χ0) is 22.4. The second-order valence-electron chi connectivity index (χ2n) is 6.14. The van der Waals surface area contributed by atoms with Crippen LogP contribution in [0.15, 0.2) is 0 Å². The largest absolute Gasteiger partial charge is 0.460 e. The molecule has 0 spiro atoms. The van der Waals surface area contributed by atoms with Gasteiger partial charge in [0.2, 0.25) is 0 Å². The highest BCUT2D eigenvalue weighted by Crippen LogP contribution is 2.53. The number of rotatable bonds is 7. The third-order valence-corrected chi connectivity index (χ3v) is 6.25. The van der Waals surface area contributed by atoms with Gasteiger partial charge in [0.05, 0.1) is 0 Å². The van der Waals surface area contributed by atoms with Crippen LogP contribution in [0.2, 0.25) is 0 Å². The van der Waals surface area contributed by atoms with Gasteiger partial charge in [0.25, 0.3) is 0 Å². The molecule has 0 aromatic carbocycles. The molecule has 164 valence electrons. The predicted octanol–water partition coefficient (Wildman–Crippen LogP) is 6.17. The standard InChI is InChI=1S/C11H23OS.C4F10/c1-6-7-11(12)8-13(9(2)3)10(4)5;5-1(6,3(9,10)11)2(7,8)4(12,13)14/h9-10H,6-8H2,1-5H3;/q+1;. The third kappa shape index (κ3) is 8.06. The van der Waals surface area contributed by atoms with E-state index in [1.54, 1.807) is 0 Å². The Morgan fingerprint density at radius 2 is 1.04 bits per heavy atom. The van der Waals surface area contributed by atoms with Crippen LogP contribution in [0.25, 0.3) is 0 Å². The van der Waals surface area contributed by atoms with Crippen LogP contribution in [0.5, 0.6) is 0 Å². The summed E-state index contributed by atoms with van der Waals surface area (Å²) in [6.45, 7) is 11.0. The van der Waals surface area contributed by atoms with Crippen LogP contribution in [0.1, 0.15) is 47.5 Å². The predicted molar refractivity (Wildman–Crippen MR) is 84.4 cm³/mol. The first-order valence-corrected chi connectivity index (χ1v) is 9.35. The number of Topliss-reactive ketones (excluding diaryl/α,β-unsaturated/α-hetero) is 1. The molecule has 0 heterocycles. The Kier molecular flexibility index (Phi) is 10.8. The summed E-state index contributed by atoms with van der Waals surface area (Å²) < 4.78 is 113. The lowest BCUT2D eigenvalue weighted by atomic mass is 10.1. The topological polar surface area (TPSA) is 17.1 Å². The molecule has 0 atom stereocenters. The van der Waals surface area contributed by atoms with Gasteiger partial charge >= 0.3 is 24.2 Å². The fraction of sp³-hybridized carbons (Fsp3) is 0.933. The Morgan fingerprint density at radius 1 is 0.741 bits per heavy atom. The van der Waals surface area contributed by atoms with Crippen molar-refractivity contribution in [2.75, 3.05) is 5.75 Å². The number of hydrogen-bond acceptors (Lipinski definition) is 1. The maximum Gasteiger partial charge on any atom is 0.460 e. The fourth-order valence-corrected chi connectivity index (χ4v) is 4.04. The SMILES string of the molecule is CCCC(=O)C[S+](C(C)C)C(C)C.FC(F)(F)C(F)(F)C(F)(F)C(F)(F)F. The summed E-state index contributed by atoms with van der Waals surface area (Å²) in [5.74, 6) is -13.0. The summed E-state index contributed by atoms with van der Waals surface area (Å²) >= 11 is 0. The van der Waals surface area contributed by atoms with Crippen LogP contribution in [-0.2, 0) is 15.7 Å². The fourth-order valence-electron chi connectivity index (χ4n) is 1.77. The Hall–Kier alpha value is -0.680. The lowest BCUT2D eigenvalue weighted by molar-refractivity contribution is -0.419. The van der Waals surface area contributed by atoms with Crippen molar-refractivity contribution in [3.05, 3.63) is 0 Å². The number of hydrogen-bond donors (Lipinski definition) is 0. The van der Waals surface area contributed by atoms with Crippen LogP contribution in [-0.4, -0.2) is 46.2 Å². The van der Waals surface area contributed by atoms with Gasteiger partial charge in [-0.2, -0.15) is 43.9 Å². The Morgan fingerprint density at radius 3 is 1.22 bits per heavy atom. The van der Waals surface area contributed by atoms with Gasteiger partial charge in [0.1, 0.15) is 10.5 Å². The third-order valence-electron chi connectivity index (χ3n) is 3.17. The minimum absolute atomic E-state index is 0.291. The number of carbonyl (C=O) groups is 1. The summed E-state index contributed by atoms with van der Waals surface area (Å²) in [5.41, 5.74) is 0. The van der Waals surface area contributed by atoms with E-state index in [0.717, 1.165) is 18.6 Å². The van der Waals surface area contributed by atoms with Crippen molar-refractivity contribution in [1.29, 1.82) is 0 Å². The molecule has 1 nitrogen and oxygen atoms in total. The van der Waals surface area contributed by atoms with Crippen molar-refractivity contribution in [2.24, 2.45) is 0 Å². The minimum atomic E-state index is -7.14. The molecule has 0 aromatic heterocycles. The molecule has 0 saturated carbocycles. The molecule has 0 radical (unpaired) electrons. The van der Waals surface area contributed by atoms with Gasteiger partial charge in [-0.1, -0.05) is 6.92 Å². The average Bonchev–Trinajstić information content (AvgIpc) is 2.42. The molecule has 0 unspecified atom stereocenters. The summed E-state index contributed by atoms with van der Waals surface area (Å²) in [7, 11) is 0.291. The summed E-state index contributed by atoms with van der Waals surface area (Å²) in [4.78, 5) is 11.5. The molecule has 0 fully saturated rings. The molecule has 0 aliphatic carbocycles. The molecule has 12 heteroatoms. The molecule has 0 rings (SSSR count). The molecule has 0 aromatic rings. The van der Waals surface area contributed by atoms with Gasteiger partial charge in [0.15, 0.2) is 11.5 Å². The van der Waals surface area contributed by atoms with E-state index in [1.165, 1.54) is 0 Å². The van der Waals surface area contributed by atoms with Crippen molar-refractivity contribution in [2.45, 2.75) is 82.2 Å². The van der Waals surface area contributed by atoms with Crippen molar-refractivity contribution in [1.82, 2.24) is 0 Å². The summed E-state index contributed by atoms with van der Waals surface area (Å²) in [5, 5.41) is 1.31. The van der Waals surface area contributed by atoms with E-state index in [-0.39, 0.29) is 0 Å². The highest BCUT2D eigenvalue weighted by Gasteiger charge is 2.82. The van der Waals surface area contributed by atoms with E-state index in [2.05, 4.69) is 34.6 Å². The van der Waals surface area contributed by atoms with Crippen LogP contribution in [0, 0.1) is 0 Å². The molecule has 0 saturated heterocycles. The average molecular weight is 441 g/mol. The van der Waals surface area contributed by atoms with E-state index in [4.69, 9.17) is 0 Å². The second kappa shape index (κ2) is 10.2. The van der Waals surface area contributed by atoms with Gasteiger partial charge in [-0.25, -0.2) is 0 Å². The Labute approximate surface area is 154 Å². The van der Waals surface area contributed by atoms with E-state index in [1.807, 2.05) is 0 Å². The van der Waals surface area contributed by atoms with Gasteiger partial charge in [-0.15, -0.1) is 0 Å². The minimum Gasteiger partial charge on any atom is -0.294 e. The van der Waals surface area contributed by atoms with Crippen LogP contribution < -0.4 is 0 Å². The molecule has 0 bridgehead atoms. The zero-order valence-electron chi connectivity index (χ0n) is 15.4. The van der Waals surface area contributed by atoms with Crippen molar-refractivity contribution in [3.8, 4) is 0 Å². The normalized spacial score (nSPS) is 13.9. The molecule has 0 aliphatic rings. The summed E-state index contributed by atoms with van der Waals surface area (Å²) in [6.07, 6.45) is -12.2. The Bertz CT molecular complexity index is 422. The first-order valence-electron chi connectivity index (χ1n) is 7.83.